The van der Waals surface area contributed by atoms with Crippen LogP contribution >= 0.6 is 0 Å². The zero-order valence-electron chi connectivity index (χ0n) is 16.1. The summed E-state index contributed by atoms with van der Waals surface area (Å²) >= 11 is 0. The standard InChI is InChI=1S/C22H25N3O3/c1-3-23-21(26)19(13-16-7-5-4-6-8-16)24-22(27)20-14-18(25-28-20)17-11-9-15(2)10-12-17/h4-12,19-20H,3,13-14H2,1-2H3,(H,23,26)(H,24,27)/t19-,20-/m1/s1. The quantitative estimate of drug-likeness (QED) is 0.775. The summed E-state index contributed by atoms with van der Waals surface area (Å²) in [6.07, 6.45) is 0.0584. The zero-order valence-corrected chi connectivity index (χ0v) is 16.1. The first kappa shape index (κ1) is 19.6. The fourth-order valence-electron chi connectivity index (χ4n) is 3.06. The van der Waals surface area contributed by atoms with Gasteiger partial charge in [0, 0.05) is 19.4 Å². The van der Waals surface area contributed by atoms with Crippen LogP contribution < -0.4 is 10.6 Å². The summed E-state index contributed by atoms with van der Waals surface area (Å²) in [5, 5.41) is 9.67. The lowest BCUT2D eigenvalue weighted by Crippen LogP contribution is -2.50. The van der Waals surface area contributed by atoms with Crippen molar-refractivity contribution in [2.24, 2.45) is 5.16 Å². The van der Waals surface area contributed by atoms with E-state index < -0.39 is 12.1 Å². The Balaban J connectivity index is 1.63. The van der Waals surface area contributed by atoms with Gasteiger partial charge < -0.3 is 15.5 Å². The highest BCUT2D eigenvalue weighted by molar-refractivity contribution is 6.04. The van der Waals surface area contributed by atoms with Crippen molar-refractivity contribution in [3.05, 3.63) is 71.3 Å². The van der Waals surface area contributed by atoms with Crippen molar-refractivity contribution >= 4 is 17.5 Å². The van der Waals surface area contributed by atoms with Gasteiger partial charge in [-0.25, -0.2) is 0 Å². The Morgan fingerprint density at radius 3 is 2.54 bits per heavy atom. The molecule has 28 heavy (non-hydrogen) atoms. The van der Waals surface area contributed by atoms with E-state index in [1.165, 1.54) is 0 Å². The summed E-state index contributed by atoms with van der Waals surface area (Å²) in [5.41, 5.74) is 3.80. The van der Waals surface area contributed by atoms with Crippen molar-refractivity contribution in [3.8, 4) is 0 Å². The van der Waals surface area contributed by atoms with Gasteiger partial charge in [0.1, 0.15) is 6.04 Å². The van der Waals surface area contributed by atoms with Crippen molar-refractivity contribution in [3.63, 3.8) is 0 Å². The van der Waals surface area contributed by atoms with Crippen LogP contribution in [0.15, 0.2) is 59.8 Å². The lowest BCUT2D eigenvalue weighted by Gasteiger charge is -2.19. The molecular formula is C22H25N3O3. The molecular weight excluding hydrogens is 354 g/mol. The molecule has 6 heteroatoms. The highest BCUT2D eigenvalue weighted by Crippen LogP contribution is 2.18. The number of benzene rings is 2. The van der Waals surface area contributed by atoms with Gasteiger partial charge in [0.25, 0.3) is 5.91 Å². The fourth-order valence-corrected chi connectivity index (χ4v) is 3.06. The molecule has 2 atom stereocenters. The topological polar surface area (TPSA) is 79.8 Å². The van der Waals surface area contributed by atoms with Gasteiger partial charge in [0.15, 0.2) is 0 Å². The maximum absolute atomic E-state index is 12.7. The maximum atomic E-state index is 12.7. The number of rotatable bonds is 7. The molecule has 146 valence electrons. The summed E-state index contributed by atoms with van der Waals surface area (Å²) < 4.78 is 0. The minimum absolute atomic E-state index is 0.211. The predicted octanol–water partition coefficient (Wildman–Crippen LogP) is 2.35. The van der Waals surface area contributed by atoms with Crippen LogP contribution in [0, 0.1) is 6.92 Å². The third-order valence-corrected chi connectivity index (χ3v) is 4.61. The highest BCUT2D eigenvalue weighted by atomic mass is 16.6. The number of nitrogens with one attached hydrogen (secondary N) is 2. The van der Waals surface area contributed by atoms with Crippen LogP contribution in [0.4, 0.5) is 0 Å². The first-order valence-electron chi connectivity index (χ1n) is 9.48. The van der Waals surface area contributed by atoms with Crippen LogP contribution in [0.1, 0.15) is 30.0 Å². The Kier molecular flexibility index (Phi) is 6.42. The number of hydrogen-bond donors (Lipinski definition) is 2. The molecule has 6 nitrogen and oxygen atoms in total. The first-order valence-corrected chi connectivity index (χ1v) is 9.48. The van der Waals surface area contributed by atoms with Crippen molar-refractivity contribution in [2.45, 2.75) is 38.8 Å². The maximum Gasteiger partial charge on any atom is 0.265 e. The average molecular weight is 379 g/mol. The summed E-state index contributed by atoms with van der Waals surface area (Å²) in [6, 6.07) is 16.9. The molecule has 2 amide bonds. The van der Waals surface area contributed by atoms with Crippen LogP contribution in [0.3, 0.4) is 0 Å². The van der Waals surface area contributed by atoms with Crippen molar-refractivity contribution < 1.29 is 14.4 Å². The monoisotopic (exact) mass is 379 g/mol. The zero-order chi connectivity index (χ0) is 19.9. The van der Waals surface area contributed by atoms with Gasteiger partial charge in [-0.1, -0.05) is 65.3 Å². The second-order valence-corrected chi connectivity index (χ2v) is 6.85. The summed E-state index contributed by atoms with van der Waals surface area (Å²) in [7, 11) is 0. The average Bonchev–Trinajstić information content (AvgIpc) is 3.19. The Bertz CT molecular complexity index is 847. The molecule has 0 saturated carbocycles. The van der Waals surface area contributed by atoms with Crippen LogP contribution in [-0.4, -0.2) is 36.2 Å². The van der Waals surface area contributed by atoms with Crippen LogP contribution in [-0.2, 0) is 20.8 Å². The second kappa shape index (κ2) is 9.17. The third kappa shape index (κ3) is 4.97. The molecule has 2 aromatic rings. The molecule has 2 aromatic carbocycles. The molecule has 1 aliphatic rings. The van der Waals surface area contributed by atoms with E-state index in [1.54, 1.807) is 0 Å². The summed E-state index contributed by atoms with van der Waals surface area (Å²) in [6.45, 7) is 4.36. The number of aryl methyl sites for hydroxylation is 1. The molecule has 3 rings (SSSR count). The van der Waals surface area contributed by atoms with E-state index in [2.05, 4.69) is 15.8 Å². The molecule has 2 N–H and O–H groups in total. The lowest BCUT2D eigenvalue weighted by molar-refractivity contribution is -0.135. The lowest BCUT2D eigenvalue weighted by atomic mass is 10.0. The summed E-state index contributed by atoms with van der Waals surface area (Å²) in [4.78, 5) is 30.5. The summed E-state index contributed by atoms with van der Waals surface area (Å²) in [5.74, 6) is -0.546. The molecule has 1 aliphatic heterocycles. The Morgan fingerprint density at radius 1 is 1.14 bits per heavy atom. The van der Waals surface area contributed by atoms with Crippen LogP contribution in [0.25, 0.3) is 0 Å². The van der Waals surface area contributed by atoms with Gasteiger partial charge in [0.2, 0.25) is 12.0 Å². The first-order chi connectivity index (χ1) is 13.6. The molecule has 0 bridgehead atoms. The van der Waals surface area contributed by atoms with Gasteiger partial charge in [-0.05, 0) is 25.0 Å². The molecule has 0 radical (unpaired) electrons. The van der Waals surface area contributed by atoms with Crippen molar-refractivity contribution in [1.29, 1.82) is 0 Å². The van der Waals surface area contributed by atoms with E-state index in [0.29, 0.717) is 19.4 Å². The van der Waals surface area contributed by atoms with E-state index in [-0.39, 0.29) is 11.8 Å². The molecule has 1 heterocycles. The van der Waals surface area contributed by atoms with E-state index in [4.69, 9.17) is 4.84 Å². The molecule has 0 spiro atoms. The smallest absolute Gasteiger partial charge is 0.265 e. The van der Waals surface area contributed by atoms with E-state index in [0.717, 1.165) is 22.4 Å². The van der Waals surface area contributed by atoms with Crippen LogP contribution in [0.5, 0.6) is 0 Å². The number of hydrogen-bond acceptors (Lipinski definition) is 4. The third-order valence-electron chi connectivity index (χ3n) is 4.61. The predicted molar refractivity (Wildman–Crippen MR) is 108 cm³/mol. The molecule has 0 saturated heterocycles. The number of amides is 2. The number of oxime groups is 1. The number of carbonyl (C=O) groups is 2. The van der Waals surface area contributed by atoms with E-state index in [1.807, 2.05) is 68.4 Å². The largest absolute Gasteiger partial charge is 0.382 e. The van der Waals surface area contributed by atoms with Gasteiger partial charge in [-0.15, -0.1) is 0 Å². The number of carbonyl (C=O) groups excluding carboxylic acids is 2. The van der Waals surface area contributed by atoms with Gasteiger partial charge >= 0.3 is 0 Å². The van der Waals surface area contributed by atoms with E-state index in [9.17, 15) is 9.59 Å². The highest BCUT2D eigenvalue weighted by Gasteiger charge is 2.31. The van der Waals surface area contributed by atoms with E-state index >= 15 is 0 Å². The Labute approximate surface area is 165 Å². The normalized spacial score (nSPS) is 16.6. The molecule has 0 aromatic heterocycles. The van der Waals surface area contributed by atoms with Crippen LogP contribution in [0.2, 0.25) is 0 Å². The van der Waals surface area contributed by atoms with Gasteiger partial charge in [-0.2, -0.15) is 0 Å². The second-order valence-electron chi connectivity index (χ2n) is 6.85. The number of likely N-dealkylation sites (N-methyl/N-ethyl adjacent to an activating group) is 1. The Hall–Kier alpha value is -3.15. The molecule has 0 unspecified atom stereocenters. The van der Waals surface area contributed by atoms with Crippen molar-refractivity contribution in [1.82, 2.24) is 10.6 Å². The molecule has 0 aliphatic carbocycles. The minimum atomic E-state index is -0.732. The SMILES string of the molecule is CCNC(=O)[C@@H](Cc1ccccc1)NC(=O)[C@H]1CC(c2ccc(C)cc2)=NO1. The van der Waals surface area contributed by atoms with Gasteiger partial charge in [0.05, 0.1) is 5.71 Å². The minimum Gasteiger partial charge on any atom is -0.382 e. The molecule has 0 fully saturated rings. The van der Waals surface area contributed by atoms with Crippen molar-refractivity contribution in [2.75, 3.05) is 6.54 Å². The van der Waals surface area contributed by atoms with Gasteiger partial charge in [-0.3, -0.25) is 9.59 Å². The Morgan fingerprint density at radius 2 is 1.86 bits per heavy atom. The fraction of sp³-hybridized carbons (Fsp3) is 0.318. The number of nitrogens with zero attached hydrogens (tertiary/aromatic N) is 1.